The van der Waals surface area contributed by atoms with E-state index in [1.165, 1.54) is 0 Å². The molecule has 17 heavy (non-hydrogen) atoms. The lowest BCUT2D eigenvalue weighted by Crippen LogP contribution is -2.17. The second kappa shape index (κ2) is 5.51. The van der Waals surface area contributed by atoms with Gasteiger partial charge in [-0.05, 0) is 37.5 Å². The Morgan fingerprint density at radius 3 is 3.06 bits per heavy atom. The molecule has 0 radical (unpaired) electrons. The van der Waals surface area contributed by atoms with Gasteiger partial charge in [0.1, 0.15) is 11.3 Å². The number of thioether (sulfide) groups is 1. The first-order valence-electron chi connectivity index (χ1n) is 5.83. The minimum atomic E-state index is -0.00315. The van der Waals surface area contributed by atoms with Crippen LogP contribution in [-0.4, -0.2) is 26.5 Å². The van der Waals surface area contributed by atoms with Gasteiger partial charge in [-0.15, -0.1) is 0 Å². The molecule has 0 fully saturated rings. The highest BCUT2D eigenvalue weighted by Crippen LogP contribution is 2.20. The third kappa shape index (κ3) is 2.45. The van der Waals surface area contributed by atoms with E-state index in [4.69, 9.17) is 5.73 Å². The molecular weight excluding hydrogens is 232 g/mol. The Hall–Kier alpha value is -1.07. The van der Waals surface area contributed by atoms with Crippen molar-refractivity contribution < 1.29 is 0 Å². The predicted molar refractivity (Wildman–Crippen MR) is 73.1 cm³/mol. The molecule has 0 saturated carbocycles. The van der Waals surface area contributed by atoms with Gasteiger partial charge in [-0.25, -0.2) is 9.97 Å². The van der Waals surface area contributed by atoms with Crippen molar-refractivity contribution in [2.75, 3.05) is 12.0 Å². The van der Waals surface area contributed by atoms with Crippen molar-refractivity contribution in [1.29, 1.82) is 0 Å². The van der Waals surface area contributed by atoms with E-state index in [1.54, 1.807) is 6.20 Å². The molecule has 92 valence electrons. The molecule has 0 unspecified atom stereocenters. The number of hydrogen-bond acceptors (Lipinski definition) is 4. The van der Waals surface area contributed by atoms with Crippen LogP contribution >= 0.6 is 11.8 Å². The third-order valence-electron chi connectivity index (χ3n) is 2.81. The van der Waals surface area contributed by atoms with Gasteiger partial charge < -0.3 is 10.3 Å². The third-order valence-corrected chi connectivity index (χ3v) is 3.46. The Labute approximate surface area is 106 Å². The van der Waals surface area contributed by atoms with Crippen molar-refractivity contribution in [3.05, 3.63) is 24.2 Å². The topological polar surface area (TPSA) is 56.7 Å². The molecule has 1 atom stereocenters. The van der Waals surface area contributed by atoms with Crippen LogP contribution in [0, 0.1) is 0 Å². The first-order chi connectivity index (χ1) is 8.27. The van der Waals surface area contributed by atoms with Crippen molar-refractivity contribution in [2.24, 2.45) is 5.73 Å². The minimum Gasteiger partial charge on any atom is -0.321 e. The van der Waals surface area contributed by atoms with E-state index in [9.17, 15) is 0 Å². The molecule has 0 bridgehead atoms. The van der Waals surface area contributed by atoms with Crippen LogP contribution < -0.4 is 5.73 Å². The van der Waals surface area contributed by atoms with E-state index in [0.717, 1.165) is 35.7 Å². The monoisotopic (exact) mass is 250 g/mol. The lowest BCUT2D eigenvalue weighted by atomic mass is 10.2. The molecule has 2 aromatic heterocycles. The summed E-state index contributed by atoms with van der Waals surface area (Å²) in [6.07, 6.45) is 4.84. The van der Waals surface area contributed by atoms with E-state index < -0.39 is 0 Å². The highest BCUT2D eigenvalue weighted by molar-refractivity contribution is 7.98. The van der Waals surface area contributed by atoms with Crippen molar-refractivity contribution in [2.45, 2.75) is 25.9 Å². The van der Waals surface area contributed by atoms with Crippen LogP contribution in [0.25, 0.3) is 11.2 Å². The van der Waals surface area contributed by atoms with Crippen LogP contribution in [0.2, 0.25) is 0 Å². The number of imidazole rings is 1. The molecule has 0 aliphatic carbocycles. The lowest BCUT2D eigenvalue weighted by Gasteiger charge is -2.12. The van der Waals surface area contributed by atoms with Gasteiger partial charge in [-0.1, -0.05) is 0 Å². The molecule has 0 aromatic carbocycles. The summed E-state index contributed by atoms with van der Waals surface area (Å²) >= 11 is 1.81. The van der Waals surface area contributed by atoms with Gasteiger partial charge in [0, 0.05) is 12.7 Å². The number of nitrogens with zero attached hydrogens (tertiary/aromatic N) is 3. The fraction of sp³-hybridized carbons (Fsp3) is 0.500. The summed E-state index contributed by atoms with van der Waals surface area (Å²) in [5.74, 6) is 2.01. The quantitative estimate of drug-likeness (QED) is 0.884. The number of nitrogens with two attached hydrogens (primary N) is 1. The van der Waals surface area contributed by atoms with E-state index in [0.29, 0.717) is 0 Å². The van der Waals surface area contributed by atoms with E-state index in [1.807, 2.05) is 23.9 Å². The minimum absolute atomic E-state index is 0.00315. The summed E-state index contributed by atoms with van der Waals surface area (Å²) < 4.78 is 2.11. The van der Waals surface area contributed by atoms with Crippen LogP contribution in [0.5, 0.6) is 0 Å². The second-order valence-electron chi connectivity index (χ2n) is 3.95. The highest BCUT2D eigenvalue weighted by atomic mass is 32.2. The van der Waals surface area contributed by atoms with Gasteiger partial charge >= 0.3 is 0 Å². The molecule has 2 N–H and O–H groups in total. The highest BCUT2D eigenvalue weighted by Gasteiger charge is 2.16. The lowest BCUT2D eigenvalue weighted by molar-refractivity contribution is 0.599. The summed E-state index contributed by atoms with van der Waals surface area (Å²) in [6, 6.07) is 3.89. The van der Waals surface area contributed by atoms with E-state index in [-0.39, 0.29) is 6.04 Å². The van der Waals surface area contributed by atoms with Gasteiger partial charge in [-0.3, -0.25) is 0 Å². The Balaban J connectivity index is 2.38. The fourth-order valence-corrected chi connectivity index (χ4v) is 2.43. The van der Waals surface area contributed by atoms with Crippen LogP contribution in [-0.2, 0) is 6.54 Å². The number of fused-ring (bicyclic) bond motifs is 1. The number of aromatic nitrogens is 3. The van der Waals surface area contributed by atoms with Crippen LogP contribution in [0.4, 0.5) is 0 Å². The summed E-state index contributed by atoms with van der Waals surface area (Å²) in [7, 11) is 0. The molecule has 2 aromatic rings. The van der Waals surface area contributed by atoms with Gasteiger partial charge in [-0.2, -0.15) is 11.8 Å². The maximum absolute atomic E-state index is 6.20. The smallest absolute Gasteiger partial charge is 0.160 e. The molecule has 4 nitrogen and oxygen atoms in total. The van der Waals surface area contributed by atoms with Gasteiger partial charge in [0.15, 0.2) is 5.65 Å². The fourth-order valence-electron chi connectivity index (χ4n) is 1.94. The zero-order valence-corrected chi connectivity index (χ0v) is 11.1. The number of rotatable bonds is 5. The van der Waals surface area contributed by atoms with Crippen molar-refractivity contribution >= 4 is 22.9 Å². The zero-order chi connectivity index (χ0) is 12.3. The molecule has 0 aliphatic heterocycles. The summed E-state index contributed by atoms with van der Waals surface area (Å²) in [4.78, 5) is 8.98. The summed E-state index contributed by atoms with van der Waals surface area (Å²) in [6.45, 7) is 2.95. The Morgan fingerprint density at radius 1 is 1.53 bits per heavy atom. The van der Waals surface area contributed by atoms with Crippen LogP contribution in [0.1, 0.15) is 25.2 Å². The van der Waals surface area contributed by atoms with Gasteiger partial charge in [0.25, 0.3) is 0 Å². The molecule has 0 aliphatic rings. The van der Waals surface area contributed by atoms with Crippen LogP contribution in [0.3, 0.4) is 0 Å². The molecule has 0 amide bonds. The van der Waals surface area contributed by atoms with E-state index in [2.05, 4.69) is 27.7 Å². The van der Waals surface area contributed by atoms with Gasteiger partial charge in [0.2, 0.25) is 0 Å². The average Bonchev–Trinajstić information content (AvgIpc) is 2.74. The van der Waals surface area contributed by atoms with Crippen LogP contribution in [0.15, 0.2) is 18.3 Å². The number of hydrogen-bond donors (Lipinski definition) is 1. The first-order valence-corrected chi connectivity index (χ1v) is 7.23. The van der Waals surface area contributed by atoms with Crippen molar-refractivity contribution in [3.8, 4) is 0 Å². The predicted octanol–water partition coefficient (Wildman–Crippen LogP) is 2.20. The molecular formula is C12H18N4S. The molecule has 2 rings (SSSR count). The maximum Gasteiger partial charge on any atom is 0.160 e. The maximum atomic E-state index is 6.20. The Bertz CT molecular complexity index is 494. The van der Waals surface area contributed by atoms with E-state index >= 15 is 0 Å². The molecule has 0 spiro atoms. The normalized spacial score (nSPS) is 13.1. The van der Waals surface area contributed by atoms with Crippen molar-refractivity contribution in [3.63, 3.8) is 0 Å². The SMILES string of the molecule is CCn1c([C@H](N)CCSC)nc2cccnc21. The molecule has 0 saturated heterocycles. The Morgan fingerprint density at radius 2 is 2.35 bits per heavy atom. The standard InChI is InChI=1S/C12H18N4S/c1-3-16-11(9(13)6-8-17-2)15-10-5-4-7-14-12(10)16/h4-5,7,9H,3,6,8,13H2,1-2H3/t9-/m1/s1. The summed E-state index contributed by atoms with van der Waals surface area (Å²) in [5.41, 5.74) is 8.07. The molecule has 5 heteroatoms. The summed E-state index contributed by atoms with van der Waals surface area (Å²) in [5, 5.41) is 0. The first kappa shape index (κ1) is 12.4. The Kier molecular flexibility index (Phi) is 4.02. The second-order valence-corrected chi connectivity index (χ2v) is 4.93. The van der Waals surface area contributed by atoms with Crippen molar-refractivity contribution in [1.82, 2.24) is 14.5 Å². The zero-order valence-electron chi connectivity index (χ0n) is 10.3. The number of pyridine rings is 1. The van der Waals surface area contributed by atoms with Gasteiger partial charge in [0.05, 0.1) is 6.04 Å². The molecule has 2 heterocycles. The number of aryl methyl sites for hydroxylation is 1. The largest absolute Gasteiger partial charge is 0.321 e. The average molecular weight is 250 g/mol.